The highest BCUT2D eigenvalue weighted by atomic mass is 35.5. The van der Waals surface area contributed by atoms with Gasteiger partial charge in [-0.05, 0) is 43.2 Å². The summed E-state index contributed by atoms with van der Waals surface area (Å²) in [7, 11) is 1.97. The summed E-state index contributed by atoms with van der Waals surface area (Å²) < 4.78 is 0. The molecule has 1 aromatic carbocycles. The first-order chi connectivity index (χ1) is 9.32. The third-order valence-electron chi connectivity index (χ3n) is 4.44. The van der Waals surface area contributed by atoms with Crippen LogP contribution in [0.4, 0.5) is 5.69 Å². The summed E-state index contributed by atoms with van der Waals surface area (Å²) in [6.45, 7) is 4.59. The average molecular weight is 296 g/mol. The SMILES string of the molecule is CN(c1cccc(Cl)c1C(=O)O)C1CCC(C)(C)CC1. The van der Waals surface area contributed by atoms with Gasteiger partial charge >= 0.3 is 5.97 Å². The number of carboxylic acids is 1. The van der Waals surface area contributed by atoms with Crippen molar-refractivity contribution in [3.8, 4) is 0 Å². The molecule has 0 bridgehead atoms. The number of carbonyl (C=O) groups is 1. The van der Waals surface area contributed by atoms with Crippen molar-refractivity contribution >= 4 is 23.3 Å². The Hall–Kier alpha value is -1.22. The Bertz CT molecular complexity index is 503. The van der Waals surface area contributed by atoms with E-state index in [2.05, 4.69) is 18.7 Å². The number of halogens is 1. The summed E-state index contributed by atoms with van der Waals surface area (Å²) in [6.07, 6.45) is 4.53. The molecule has 3 nitrogen and oxygen atoms in total. The van der Waals surface area contributed by atoms with Crippen LogP contribution in [-0.4, -0.2) is 24.2 Å². The van der Waals surface area contributed by atoms with Crippen LogP contribution >= 0.6 is 11.6 Å². The number of anilines is 1. The maximum absolute atomic E-state index is 11.4. The lowest BCUT2D eigenvalue weighted by Crippen LogP contribution is -2.38. The van der Waals surface area contributed by atoms with Gasteiger partial charge in [-0.2, -0.15) is 0 Å². The largest absolute Gasteiger partial charge is 0.478 e. The Kier molecular flexibility index (Phi) is 4.28. The Morgan fingerprint density at radius 2 is 1.95 bits per heavy atom. The van der Waals surface area contributed by atoms with E-state index in [0.717, 1.165) is 18.5 Å². The molecule has 2 rings (SSSR count). The second kappa shape index (κ2) is 5.65. The molecule has 0 radical (unpaired) electrons. The van der Waals surface area contributed by atoms with Crippen molar-refractivity contribution in [2.75, 3.05) is 11.9 Å². The maximum Gasteiger partial charge on any atom is 0.339 e. The van der Waals surface area contributed by atoms with Crippen LogP contribution in [0.1, 0.15) is 49.9 Å². The van der Waals surface area contributed by atoms with Crippen LogP contribution in [0.15, 0.2) is 18.2 Å². The Morgan fingerprint density at radius 3 is 2.50 bits per heavy atom. The van der Waals surface area contributed by atoms with Gasteiger partial charge in [0.1, 0.15) is 5.56 Å². The van der Waals surface area contributed by atoms with E-state index in [9.17, 15) is 9.90 Å². The summed E-state index contributed by atoms with van der Waals surface area (Å²) in [5.41, 5.74) is 1.33. The predicted octanol–water partition coefficient (Wildman–Crippen LogP) is 4.44. The van der Waals surface area contributed by atoms with E-state index in [1.165, 1.54) is 12.8 Å². The van der Waals surface area contributed by atoms with Crippen LogP contribution in [0.5, 0.6) is 0 Å². The van der Waals surface area contributed by atoms with Crippen LogP contribution in [-0.2, 0) is 0 Å². The topological polar surface area (TPSA) is 40.5 Å². The van der Waals surface area contributed by atoms with Crippen molar-refractivity contribution in [3.05, 3.63) is 28.8 Å². The van der Waals surface area contributed by atoms with E-state index < -0.39 is 5.97 Å². The molecule has 0 unspecified atom stereocenters. The first-order valence-electron chi connectivity index (χ1n) is 7.06. The molecule has 20 heavy (non-hydrogen) atoms. The van der Waals surface area contributed by atoms with Gasteiger partial charge < -0.3 is 10.0 Å². The highest BCUT2D eigenvalue weighted by molar-refractivity contribution is 6.34. The van der Waals surface area contributed by atoms with Gasteiger partial charge in [-0.1, -0.05) is 31.5 Å². The molecule has 0 heterocycles. The van der Waals surface area contributed by atoms with Gasteiger partial charge in [-0.25, -0.2) is 4.79 Å². The molecule has 0 aliphatic heterocycles. The Balaban J connectivity index is 2.24. The van der Waals surface area contributed by atoms with Crippen LogP contribution in [0.3, 0.4) is 0 Å². The highest BCUT2D eigenvalue weighted by Gasteiger charge is 2.30. The second-order valence-electron chi connectivity index (χ2n) is 6.45. The lowest BCUT2D eigenvalue weighted by atomic mass is 9.75. The number of hydrogen-bond donors (Lipinski definition) is 1. The smallest absolute Gasteiger partial charge is 0.339 e. The first kappa shape index (κ1) is 15.2. The number of carboxylic acid groups (broad SMARTS) is 1. The molecule has 1 fully saturated rings. The Morgan fingerprint density at radius 1 is 1.35 bits per heavy atom. The number of benzene rings is 1. The molecular weight excluding hydrogens is 274 g/mol. The first-order valence-corrected chi connectivity index (χ1v) is 7.44. The van der Waals surface area contributed by atoms with Crippen LogP contribution < -0.4 is 4.90 Å². The minimum atomic E-state index is -0.964. The molecule has 0 amide bonds. The molecule has 1 aliphatic carbocycles. The van der Waals surface area contributed by atoms with E-state index in [0.29, 0.717) is 16.5 Å². The minimum Gasteiger partial charge on any atom is -0.478 e. The van der Waals surface area contributed by atoms with E-state index >= 15 is 0 Å². The van der Waals surface area contributed by atoms with Crippen molar-refractivity contribution in [1.29, 1.82) is 0 Å². The van der Waals surface area contributed by atoms with Crippen molar-refractivity contribution in [1.82, 2.24) is 0 Å². The molecule has 1 aliphatic rings. The molecule has 110 valence electrons. The summed E-state index contributed by atoms with van der Waals surface area (Å²) in [6, 6.07) is 5.68. The zero-order valence-electron chi connectivity index (χ0n) is 12.3. The quantitative estimate of drug-likeness (QED) is 0.896. The molecule has 0 spiro atoms. The van der Waals surface area contributed by atoms with Crippen molar-refractivity contribution in [2.24, 2.45) is 5.41 Å². The fourth-order valence-electron chi connectivity index (χ4n) is 2.99. The number of nitrogens with zero attached hydrogens (tertiary/aromatic N) is 1. The monoisotopic (exact) mass is 295 g/mol. The minimum absolute atomic E-state index is 0.210. The van der Waals surface area contributed by atoms with Crippen molar-refractivity contribution in [2.45, 2.75) is 45.6 Å². The molecule has 1 saturated carbocycles. The van der Waals surface area contributed by atoms with E-state index in [1.54, 1.807) is 6.07 Å². The fraction of sp³-hybridized carbons (Fsp3) is 0.562. The molecular formula is C16H22ClNO2. The molecule has 0 aromatic heterocycles. The standard InChI is InChI=1S/C16H22ClNO2/c1-16(2)9-7-11(8-10-16)18(3)13-6-4-5-12(17)14(13)15(19)20/h4-6,11H,7-10H2,1-3H3,(H,19,20). The van der Waals surface area contributed by atoms with Gasteiger partial charge in [0.05, 0.1) is 10.7 Å². The highest BCUT2D eigenvalue weighted by Crippen LogP contribution is 2.38. The summed E-state index contributed by atoms with van der Waals surface area (Å²) in [4.78, 5) is 13.5. The number of rotatable bonds is 3. The summed E-state index contributed by atoms with van der Waals surface area (Å²) in [5.74, 6) is -0.964. The zero-order chi connectivity index (χ0) is 14.9. The zero-order valence-corrected chi connectivity index (χ0v) is 13.1. The predicted molar refractivity (Wildman–Crippen MR) is 82.9 cm³/mol. The summed E-state index contributed by atoms with van der Waals surface area (Å²) in [5, 5.41) is 9.67. The van der Waals surface area contributed by atoms with Crippen LogP contribution in [0.2, 0.25) is 5.02 Å². The van der Waals surface area contributed by atoms with Gasteiger partial charge in [0.2, 0.25) is 0 Å². The maximum atomic E-state index is 11.4. The molecule has 1 aromatic rings. The van der Waals surface area contributed by atoms with Gasteiger partial charge in [-0.3, -0.25) is 0 Å². The number of hydrogen-bond acceptors (Lipinski definition) is 2. The van der Waals surface area contributed by atoms with Crippen molar-refractivity contribution in [3.63, 3.8) is 0 Å². The normalized spacial score (nSPS) is 18.8. The third-order valence-corrected chi connectivity index (χ3v) is 4.76. The summed E-state index contributed by atoms with van der Waals surface area (Å²) >= 11 is 6.05. The van der Waals surface area contributed by atoms with Gasteiger partial charge in [0.25, 0.3) is 0 Å². The van der Waals surface area contributed by atoms with Gasteiger partial charge in [0.15, 0.2) is 0 Å². The molecule has 0 atom stereocenters. The molecule has 1 N–H and O–H groups in total. The lowest BCUT2D eigenvalue weighted by Gasteiger charge is -2.40. The van der Waals surface area contributed by atoms with Crippen molar-refractivity contribution < 1.29 is 9.90 Å². The van der Waals surface area contributed by atoms with E-state index in [-0.39, 0.29) is 5.56 Å². The lowest BCUT2D eigenvalue weighted by molar-refractivity contribution is 0.0697. The Labute approximate surface area is 125 Å². The van der Waals surface area contributed by atoms with E-state index in [4.69, 9.17) is 11.6 Å². The number of aromatic carboxylic acids is 1. The average Bonchev–Trinajstić information content (AvgIpc) is 2.37. The van der Waals surface area contributed by atoms with Gasteiger partial charge in [0, 0.05) is 13.1 Å². The van der Waals surface area contributed by atoms with Gasteiger partial charge in [-0.15, -0.1) is 0 Å². The van der Waals surface area contributed by atoms with Crippen LogP contribution in [0, 0.1) is 5.41 Å². The van der Waals surface area contributed by atoms with Crippen LogP contribution in [0.25, 0.3) is 0 Å². The van der Waals surface area contributed by atoms with E-state index in [1.807, 2.05) is 19.2 Å². The fourth-order valence-corrected chi connectivity index (χ4v) is 3.24. The molecule has 0 saturated heterocycles. The molecule has 4 heteroatoms. The second-order valence-corrected chi connectivity index (χ2v) is 6.85. The third kappa shape index (κ3) is 3.09.